The van der Waals surface area contributed by atoms with Crippen molar-refractivity contribution in [2.24, 2.45) is 0 Å². The van der Waals surface area contributed by atoms with E-state index in [-0.39, 0.29) is 5.97 Å². The van der Waals surface area contributed by atoms with E-state index in [1.807, 2.05) is 12.1 Å². The molecule has 6 heteroatoms. The van der Waals surface area contributed by atoms with Gasteiger partial charge in [0.05, 0.1) is 6.61 Å². The summed E-state index contributed by atoms with van der Waals surface area (Å²) in [5.41, 5.74) is 0.847. The van der Waals surface area contributed by atoms with Gasteiger partial charge in [-0.3, -0.25) is 4.79 Å². The van der Waals surface area contributed by atoms with Gasteiger partial charge in [0.1, 0.15) is 0 Å². The first kappa shape index (κ1) is 13.5. The lowest BCUT2D eigenvalue weighted by molar-refractivity contribution is -0.141. The zero-order valence-corrected chi connectivity index (χ0v) is 11.2. The summed E-state index contributed by atoms with van der Waals surface area (Å²) in [6.45, 7) is 1.74. The van der Waals surface area contributed by atoms with Crippen molar-refractivity contribution in [3.05, 3.63) is 35.2 Å². The lowest BCUT2D eigenvalue weighted by Gasteiger charge is -1.98. The van der Waals surface area contributed by atoms with E-state index in [0.717, 1.165) is 5.56 Å². The maximum atomic E-state index is 10.6. The average molecular weight is 281 g/mol. The van der Waals surface area contributed by atoms with Gasteiger partial charge in [0.25, 0.3) is 0 Å². The summed E-state index contributed by atoms with van der Waals surface area (Å²) in [4.78, 5) is 14.9. The van der Waals surface area contributed by atoms with Gasteiger partial charge in [-0.1, -0.05) is 16.8 Å². The number of nitrogens with zero attached hydrogens (tertiary/aromatic N) is 2. The second-order valence-electron chi connectivity index (χ2n) is 3.96. The lowest BCUT2D eigenvalue weighted by atomic mass is 10.2. The zero-order valence-electron chi connectivity index (χ0n) is 10.4. The molecule has 0 saturated heterocycles. The zero-order chi connectivity index (χ0) is 13.7. The Kier molecular flexibility index (Phi) is 4.52. The fraction of sp³-hybridized carbons (Fsp3) is 0.308. The van der Waals surface area contributed by atoms with Crippen LogP contribution in [0.1, 0.15) is 19.2 Å². The molecule has 1 aromatic heterocycles. The largest absolute Gasteiger partial charge is 0.466 e. The maximum absolute atomic E-state index is 10.6. The molecule has 0 amide bonds. The van der Waals surface area contributed by atoms with Gasteiger partial charge >= 0.3 is 5.97 Å². The summed E-state index contributed by atoms with van der Waals surface area (Å²) < 4.78 is 9.95. The first-order valence-electron chi connectivity index (χ1n) is 5.87. The van der Waals surface area contributed by atoms with Crippen LogP contribution in [0.4, 0.5) is 0 Å². The first-order valence-corrected chi connectivity index (χ1v) is 6.25. The molecule has 1 aromatic carbocycles. The predicted octanol–water partition coefficient (Wildman–Crippen LogP) is 2.89. The van der Waals surface area contributed by atoms with Crippen molar-refractivity contribution < 1.29 is 14.1 Å². The molecule has 19 heavy (non-hydrogen) atoms. The number of carbonyl (C=O) groups excluding carboxylic acids is 1. The minimum absolute atomic E-state index is 0.285. The molecule has 2 aromatic rings. The van der Waals surface area contributed by atoms with Crippen LogP contribution in [0.15, 0.2) is 28.8 Å². The van der Waals surface area contributed by atoms with E-state index >= 15 is 0 Å². The van der Waals surface area contributed by atoms with E-state index in [1.165, 1.54) is 6.92 Å². The Bertz CT molecular complexity index is 551. The van der Waals surface area contributed by atoms with E-state index in [9.17, 15) is 4.79 Å². The van der Waals surface area contributed by atoms with Crippen LogP contribution in [0.5, 0.6) is 0 Å². The Morgan fingerprint density at radius 2 is 2.11 bits per heavy atom. The highest BCUT2D eigenvalue weighted by Gasteiger charge is 2.08. The molecule has 0 fully saturated rings. The van der Waals surface area contributed by atoms with E-state index in [4.69, 9.17) is 20.9 Å². The number of halogens is 1. The summed E-state index contributed by atoms with van der Waals surface area (Å²) in [6.07, 6.45) is 1.23. The highest BCUT2D eigenvalue weighted by atomic mass is 35.5. The molecule has 5 nitrogen and oxygen atoms in total. The number of esters is 1. The van der Waals surface area contributed by atoms with Crippen molar-refractivity contribution in [2.75, 3.05) is 6.61 Å². The van der Waals surface area contributed by atoms with Crippen LogP contribution in [-0.2, 0) is 16.0 Å². The third-order valence-electron chi connectivity index (χ3n) is 2.41. The van der Waals surface area contributed by atoms with Crippen molar-refractivity contribution in [3.8, 4) is 11.4 Å². The monoisotopic (exact) mass is 280 g/mol. The Hall–Kier alpha value is -1.88. The molecule has 0 N–H and O–H groups in total. The number of ether oxygens (including phenoxy) is 1. The summed E-state index contributed by atoms with van der Waals surface area (Å²) in [5, 5.41) is 4.55. The summed E-state index contributed by atoms with van der Waals surface area (Å²) in [7, 11) is 0. The Labute approximate surface area is 115 Å². The third-order valence-corrected chi connectivity index (χ3v) is 2.66. The molecule has 100 valence electrons. The second-order valence-corrected chi connectivity index (χ2v) is 4.40. The topological polar surface area (TPSA) is 65.2 Å². The molecule has 0 saturated carbocycles. The van der Waals surface area contributed by atoms with Crippen LogP contribution in [0.25, 0.3) is 11.4 Å². The predicted molar refractivity (Wildman–Crippen MR) is 69.7 cm³/mol. The molecule has 0 unspecified atom stereocenters. The van der Waals surface area contributed by atoms with Gasteiger partial charge in [-0.15, -0.1) is 0 Å². The smallest absolute Gasteiger partial charge is 0.302 e. The van der Waals surface area contributed by atoms with Crippen LogP contribution in [0.2, 0.25) is 5.02 Å². The number of hydrogen-bond donors (Lipinski definition) is 0. The molecule has 2 rings (SSSR count). The number of aromatic nitrogens is 2. The highest BCUT2D eigenvalue weighted by molar-refractivity contribution is 6.30. The quantitative estimate of drug-likeness (QED) is 0.622. The standard InChI is InChI=1S/C13H13ClN2O3/c1-9(17)18-8-2-3-12-15-13(16-19-12)10-4-6-11(14)7-5-10/h4-7H,2-3,8H2,1H3. The molecule has 1 heterocycles. The van der Waals surface area contributed by atoms with Gasteiger partial charge in [-0.2, -0.15) is 4.98 Å². The van der Waals surface area contributed by atoms with Gasteiger partial charge in [0.2, 0.25) is 11.7 Å². The minimum Gasteiger partial charge on any atom is -0.466 e. The van der Waals surface area contributed by atoms with Gasteiger partial charge in [-0.25, -0.2) is 0 Å². The molecule has 0 atom stereocenters. The van der Waals surface area contributed by atoms with Crippen LogP contribution >= 0.6 is 11.6 Å². The van der Waals surface area contributed by atoms with E-state index < -0.39 is 0 Å². The summed E-state index contributed by atoms with van der Waals surface area (Å²) in [6, 6.07) is 7.20. The van der Waals surface area contributed by atoms with Gasteiger partial charge in [0.15, 0.2) is 0 Å². The summed E-state index contributed by atoms with van der Waals surface area (Å²) in [5.74, 6) is 0.767. The van der Waals surface area contributed by atoms with Gasteiger partial charge in [-0.05, 0) is 30.7 Å². The molecule has 0 bridgehead atoms. The molecule has 0 aliphatic rings. The van der Waals surface area contributed by atoms with Crippen molar-refractivity contribution >= 4 is 17.6 Å². The van der Waals surface area contributed by atoms with E-state index in [1.54, 1.807) is 12.1 Å². The molecule has 0 spiro atoms. The van der Waals surface area contributed by atoms with Crippen molar-refractivity contribution in [3.63, 3.8) is 0 Å². The molecular weight excluding hydrogens is 268 g/mol. The van der Waals surface area contributed by atoms with Crippen molar-refractivity contribution in [1.29, 1.82) is 0 Å². The molecule has 0 aliphatic heterocycles. The maximum Gasteiger partial charge on any atom is 0.302 e. The number of hydrogen-bond acceptors (Lipinski definition) is 5. The highest BCUT2D eigenvalue weighted by Crippen LogP contribution is 2.18. The Morgan fingerprint density at radius 3 is 2.79 bits per heavy atom. The Balaban J connectivity index is 1.91. The Morgan fingerprint density at radius 1 is 1.37 bits per heavy atom. The molecular formula is C13H13ClN2O3. The fourth-order valence-electron chi connectivity index (χ4n) is 1.51. The fourth-order valence-corrected chi connectivity index (χ4v) is 1.64. The normalized spacial score (nSPS) is 10.4. The summed E-state index contributed by atoms with van der Waals surface area (Å²) >= 11 is 5.81. The average Bonchev–Trinajstić information content (AvgIpc) is 2.84. The minimum atomic E-state index is -0.285. The van der Waals surface area contributed by atoms with Crippen LogP contribution in [-0.4, -0.2) is 22.7 Å². The van der Waals surface area contributed by atoms with Gasteiger partial charge in [0, 0.05) is 23.9 Å². The van der Waals surface area contributed by atoms with E-state index in [0.29, 0.717) is 36.2 Å². The molecule has 0 radical (unpaired) electrons. The van der Waals surface area contributed by atoms with Gasteiger partial charge < -0.3 is 9.26 Å². The lowest BCUT2D eigenvalue weighted by Crippen LogP contribution is -2.01. The third kappa shape index (κ3) is 4.06. The first-order chi connectivity index (χ1) is 9.15. The van der Waals surface area contributed by atoms with E-state index in [2.05, 4.69) is 10.1 Å². The second kappa shape index (κ2) is 6.33. The van der Waals surface area contributed by atoms with Crippen LogP contribution < -0.4 is 0 Å². The number of carbonyl (C=O) groups is 1. The molecule has 0 aliphatic carbocycles. The number of benzene rings is 1. The SMILES string of the molecule is CC(=O)OCCCc1nc(-c2ccc(Cl)cc2)no1. The number of aryl methyl sites for hydroxylation is 1. The van der Waals surface area contributed by atoms with Crippen molar-refractivity contribution in [2.45, 2.75) is 19.8 Å². The van der Waals surface area contributed by atoms with Crippen molar-refractivity contribution in [1.82, 2.24) is 10.1 Å². The van der Waals surface area contributed by atoms with Crippen LogP contribution in [0, 0.1) is 0 Å². The van der Waals surface area contributed by atoms with Crippen LogP contribution in [0.3, 0.4) is 0 Å². The number of rotatable bonds is 5.